The number of fused-ring (bicyclic) bond motifs is 1. The quantitative estimate of drug-likeness (QED) is 0.244. The van der Waals surface area contributed by atoms with Gasteiger partial charge in [-0.15, -0.1) is 0 Å². The van der Waals surface area contributed by atoms with E-state index in [4.69, 9.17) is 0 Å². The van der Waals surface area contributed by atoms with Gasteiger partial charge in [-0.3, -0.25) is 0 Å². The van der Waals surface area contributed by atoms with Gasteiger partial charge in [0.15, 0.2) is 0 Å². The predicted molar refractivity (Wildman–Crippen MR) is 140 cm³/mol. The maximum absolute atomic E-state index is 13.0. The second-order valence-corrected chi connectivity index (χ2v) is 11.0. The summed E-state index contributed by atoms with van der Waals surface area (Å²) in [6.45, 7) is 0.826. The van der Waals surface area contributed by atoms with Crippen molar-refractivity contribution in [3.63, 3.8) is 0 Å². The minimum absolute atomic E-state index is 0.160. The molecule has 7 nitrogen and oxygen atoms in total. The molecule has 0 bridgehead atoms. The van der Waals surface area contributed by atoms with Crippen LogP contribution in [0.3, 0.4) is 0 Å². The topological polar surface area (TPSA) is 104 Å². The lowest BCUT2D eigenvalue weighted by molar-refractivity contribution is 0.0687. The zero-order valence-corrected chi connectivity index (χ0v) is 20.7. The number of carboxylic acid groups (broad SMARTS) is 1. The number of aromatic carboxylic acids is 1. The first-order valence-electron chi connectivity index (χ1n) is 11.2. The molecule has 0 saturated heterocycles. The van der Waals surface area contributed by atoms with Crippen LogP contribution in [0.25, 0.3) is 10.9 Å². The van der Waals surface area contributed by atoms with Crippen molar-refractivity contribution in [2.24, 2.45) is 0 Å². The number of benzene rings is 3. The monoisotopic (exact) mass is 517 g/mol. The second-order valence-electron chi connectivity index (χ2n) is 8.15. The summed E-state index contributed by atoms with van der Waals surface area (Å²) in [5.41, 5.74) is 2.46. The zero-order valence-electron chi connectivity index (χ0n) is 19.1. The van der Waals surface area contributed by atoms with E-state index in [1.807, 2.05) is 48.5 Å². The first-order valence-corrected chi connectivity index (χ1v) is 13.5. The summed E-state index contributed by atoms with van der Waals surface area (Å²) < 4.78 is 27.3. The number of aromatic amines is 1. The molecule has 3 aromatic carbocycles. The van der Waals surface area contributed by atoms with Crippen molar-refractivity contribution < 1.29 is 18.3 Å². The van der Waals surface area contributed by atoms with Gasteiger partial charge in [-0.25, -0.2) is 17.2 Å². The molecule has 0 atom stereocenters. The Morgan fingerprint density at radius 2 is 1.64 bits per heavy atom. The smallest absolute Gasteiger partial charge is 0.353 e. The van der Waals surface area contributed by atoms with E-state index in [0.29, 0.717) is 23.7 Å². The fourth-order valence-corrected chi connectivity index (χ4v) is 6.46. The molecule has 9 heteroatoms. The Morgan fingerprint density at radius 1 is 0.917 bits per heavy atom. The van der Waals surface area contributed by atoms with Gasteiger partial charge in [-0.1, -0.05) is 60.3 Å². The van der Waals surface area contributed by atoms with E-state index in [0.717, 1.165) is 21.4 Å². The summed E-state index contributed by atoms with van der Waals surface area (Å²) in [6, 6.07) is 27.3. The molecule has 0 fully saturated rings. The molecule has 2 aromatic heterocycles. The van der Waals surface area contributed by atoms with Crippen LogP contribution in [0.2, 0.25) is 0 Å². The Bertz CT molecular complexity index is 1630. The fourth-order valence-electron chi connectivity index (χ4n) is 4.01. The summed E-state index contributed by atoms with van der Waals surface area (Å²) >= 11 is 1.42. The van der Waals surface area contributed by atoms with Crippen LogP contribution in [0.4, 0.5) is 0 Å². The lowest BCUT2D eigenvalue weighted by Crippen LogP contribution is -2.20. The van der Waals surface area contributed by atoms with Crippen molar-refractivity contribution in [3.05, 3.63) is 114 Å². The average Bonchev–Trinajstić information content (AvgIpc) is 3.51. The third-order valence-corrected chi connectivity index (χ3v) is 8.60. The molecule has 5 rings (SSSR count). The lowest BCUT2D eigenvalue weighted by Gasteiger charge is -2.11. The first kappa shape index (κ1) is 23.9. The van der Waals surface area contributed by atoms with Crippen LogP contribution < -0.4 is 5.32 Å². The molecule has 0 unspecified atom stereocenters. The summed E-state index contributed by atoms with van der Waals surface area (Å²) in [7, 11) is -3.67. The maximum Gasteiger partial charge on any atom is 0.353 e. The molecule has 36 heavy (non-hydrogen) atoms. The van der Waals surface area contributed by atoms with Gasteiger partial charge in [0.1, 0.15) is 5.69 Å². The molecule has 0 saturated carbocycles. The third-order valence-electron chi connectivity index (χ3n) is 5.72. The standard InChI is InChI=1S/C27H23N3O4S2/c31-27(32)25-26(35-21-9-3-1-4-10-21)23-14-13-19(16-24(23)29-25)17-28-18-20-8-7-15-30(20)36(33,34)22-11-5-2-6-12-22/h1-16,28-29H,17-18H2,(H,31,32). The number of rotatable bonds is 9. The minimum Gasteiger partial charge on any atom is -0.477 e. The molecule has 0 radical (unpaired) electrons. The van der Waals surface area contributed by atoms with Crippen molar-refractivity contribution in [1.29, 1.82) is 0 Å². The van der Waals surface area contributed by atoms with Crippen LogP contribution >= 0.6 is 11.8 Å². The van der Waals surface area contributed by atoms with E-state index in [9.17, 15) is 18.3 Å². The first-order chi connectivity index (χ1) is 17.4. The number of nitrogens with zero attached hydrogens (tertiary/aromatic N) is 1. The number of H-pyrrole nitrogens is 1. The highest BCUT2D eigenvalue weighted by atomic mass is 32.2. The number of nitrogens with one attached hydrogen (secondary N) is 2. The van der Waals surface area contributed by atoms with Gasteiger partial charge < -0.3 is 15.4 Å². The molecule has 5 aromatic rings. The Labute approximate surface area is 212 Å². The van der Waals surface area contributed by atoms with Crippen LogP contribution in [0, 0.1) is 0 Å². The highest BCUT2D eigenvalue weighted by molar-refractivity contribution is 7.99. The Balaban J connectivity index is 1.33. The fraction of sp³-hybridized carbons (Fsp3) is 0.0741. The van der Waals surface area contributed by atoms with Gasteiger partial charge in [0, 0.05) is 40.8 Å². The minimum atomic E-state index is -3.67. The molecule has 3 N–H and O–H groups in total. The third kappa shape index (κ3) is 4.81. The second kappa shape index (κ2) is 10.1. The molecule has 2 heterocycles. The molecule has 182 valence electrons. The largest absolute Gasteiger partial charge is 0.477 e. The van der Waals surface area contributed by atoms with Gasteiger partial charge >= 0.3 is 5.97 Å². The summed E-state index contributed by atoms with van der Waals surface area (Å²) in [5, 5.41) is 13.9. The van der Waals surface area contributed by atoms with E-state index in [1.165, 1.54) is 15.7 Å². The number of hydrogen-bond acceptors (Lipinski definition) is 5. The van der Waals surface area contributed by atoms with Gasteiger partial charge in [0.2, 0.25) is 0 Å². The molecule has 0 aliphatic carbocycles. The van der Waals surface area contributed by atoms with E-state index in [1.54, 1.807) is 48.7 Å². The van der Waals surface area contributed by atoms with E-state index in [-0.39, 0.29) is 10.6 Å². The van der Waals surface area contributed by atoms with Gasteiger partial charge in [-0.2, -0.15) is 0 Å². The van der Waals surface area contributed by atoms with Crippen molar-refractivity contribution in [2.75, 3.05) is 0 Å². The number of hydrogen-bond donors (Lipinski definition) is 3. The average molecular weight is 518 g/mol. The maximum atomic E-state index is 13.0. The summed E-state index contributed by atoms with van der Waals surface area (Å²) in [6.07, 6.45) is 1.55. The SMILES string of the molecule is O=C(O)c1[nH]c2cc(CNCc3cccn3S(=O)(=O)c3ccccc3)ccc2c1Sc1ccccc1. The van der Waals surface area contributed by atoms with Crippen molar-refractivity contribution in [2.45, 2.75) is 27.8 Å². The summed E-state index contributed by atoms with van der Waals surface area (Å²) in [4.78, 5) is 16.8. The van der Waals surface area contributed by atoms with Gasteiger partial charge in [0.25, 0.3) is 10.0 Å². The van der Waals surface area contributed by atoms with Gasteiger partial charge in [-0.05, 0) is 48.0 Å². The number of carbonyl (C=O) groups is 1. The Morgan fingerprint density at radius 3 is 2.36 bits per heavy atom. The van der Waals surface area contributed by atoms with E-state index in [2.05, 4.69) is 10.3 Å². The number of aromatic nitrogens is 2. The molecule has 0 aliphatic heterocycles. The molecule has 0 aliphatic rings. The molecular formula is C27H23N3O4S2. The van der Waals surface area contributed by atoms with E-state index < -0.39 is 16.0 Å². The number of carboxylic acids is 1. The van der Waals surface area contributed by atoms with Crippen molar-refractivity contribution in [1.82, 2.24) is 14.3 Å². The normalized spacial score (nSPS) is 11.7. The van der Waals surface area contributed by atoms with Crippen LogP contribution in [-0.2, 0) is 23.1 Å². The molecule has 0 amide bonds. The van der Waals surface area contributed by atoms with Crippen LogP contribution in [0.5, 0.6) is 0 Å². The summed E-state index contributed by atoms with van der Waals surface area (Å²) in [5.74, 6) is -1.01. The van der Waals surface area contributed by atoms with Crippen LogP contribution in [-0.4, -0.2) is 28.5 Å². The van der Waals surface area contributed by atoms with Crippen LogP contribution in [0.1, 0.15) is 21.7 Å². The van der Waals surface area contributed by atoms with Crippen molar-refractivity contribution >= 4 is 38.7 Å². The molecule has 0 spiro atoms. The van der Waals surface area contributed by atoms with Crippen molar-refractivity contribution in [3.8, 4) is 0 Å². The highest BCUT2D eigenvalue weighted by Crippen LogP contribution is 2.37. The van der Waals surface area contributed by atoms with Crippen LogP contribution in [0.15, 0.2) is 112 Å². The lowest BCUT2D eigenvalue weighted by atomic mass is 10.1. The molecular weight excluding hydrogens is 494 g/mol. The highest BCUT2D eigenvalue weighted by Gasteiger charge is 2.20. The zero-order chi connectivity index (χ0) is 25.1. The Kier molecular flexibility index (Phi) is 6.69. The van der Waals surface area contributed by atoms with Gasteiger partial charge in [0.05, 0.1) is 9.79 Å². The Hall–Kier alpha value is -3.79. The van der Waals surface area contributed by atoms with E-state index >= 15 is 0 Å². The predicted octanol–water partition coefficient (Wildman–Crippen LogP) is 5.35.